The van der Waals surface area contributed by atoms with Crippen LogP contribution >= 0.6 is 11.6 Å². The highest BCUT2D eigenvalue weighted by molar-refractivity contribution is 6.31. The molecular weight excluding hydrogens is 394 g/mol. The van der Waals surface area contributed by atoms with Gasteiger partial charge in [-0.15, -0.1) is 0 Å². The van der Waals surface area contributed by atoms with Crippen molar-refractivity contribution >= 4 is 17.5 Å². The summed E-state index contributed by atoms with van der Waals surface area (Å²) in [7, 11) is 1.60. The summed E-state index contributed by atoms with van der Waals surface area (Å²) in [6.07, 6.45) is 0. The molecular formula is C21H24ClN3O4. The van der Waals surface area contributed by atoms with Crippen molar-refractivity contribution in [3.63, 3.8) is 0 Å². The number of hydrogen-bond donors (Lipinski definition) is 4. The predicted molar refractivity (Wildman–Crippen MR) is 109 cm³/mol. The highest BCUT2D eigenvalue weighted by Crippen LogP contribution is 2.49. The van der Waals surface area contributed by atoms with E-state index in [2.05, 4.69) is 10.9 Å². The van der Waals surface area contributed by atoms with Crippen molar-refractivity contribution in [2.45, 2.75) is 25.0 Å². The van der Waals surface area contributed by atoms with E-state index in [1.807, 2.05) is 31.2 Å². The third-order valence-electron chi connectivity index (χ3n) is 5.85. The number of phenolic OH excluding ortho intramolecular Hbond substituents is 1. The van der Waals surface area contributed by atoms with Crippen molar-refractivity contribution in [2.75, 3.05) is 20.3 Å². The number of likely N-dealkylation sites (tertiary alicyclic amines) is 1. The molecule has 4 rings (SSSR count). The van der Waals surface area contributed by atoms with Crippen LogP contribution in [0.25, 0.3) is 0 Å². The molecule has 2 heterocycles. The van der Waals surface area contributed by atoms with E-state index in [1.54, 1.807) is 24.1 Å². The molecule has 29 heavy (non-hydrogen) atoms. The van der Waals surface area contributed by atoms with Gasteiger partial charge in [-0.2, -0.15) is 0 Å². The normalized spacial score (nSPS) is 26.1. The van der Waals surface area contributed by atoms with Gasteiger partial charge in [-0.3, -0.25) is 4.79 Å². The van der Waals surface area contributed by atoms with Crippen LogP contribution in [-0.4, -0.2) is 47.3 Å². The summed E-state index contributed by atoms with van der Waals surface area (Å²) in [5, 5.41) is 20.7. The van der Waals surface area contributed by atoms with E-state index in [-0.39, 0.29) is 42.8 Å². The highest BCUT2D eigenvalue weighted by Gasteiger charge is 2.55. The highest BCUT2D eigenvalue weighted by atomic mass is 35.5. The minimum absolute atomic E-state index is 0.0856. The van der Waals surface area contributed by atoms with Crippen LogP contribution in [0.2, 0.25) is 5.02 Å². The van der Waals surface area contributed by atoms with Gasteiger partial charge in [-0.25, -0.2) is 10.9 Å². The lowest BCUT2D eigenvalue weighted by Crippen LogP contribution is -2.42. The topological polar surface area (TPSA) is 94.1 Å². The van der Waals surface area contributed by atoms with E-state index < -0.39 is 6.04 Å². The first kappa shape index (κ1) is 20.0. The molecule has 154 valence electrons. The number of aromatic hydroxyl groups is 1. The summed E-state index contributed by atoms with van der Waals surface area (Å²) in [6, 6.07) is 9.87. The maximum atomic E-state index is 13.1. The molecule has 1 amide bonds. The first-order valence-electron chi connectivity index (χ1n) is 9.51. The van der Waals surface area contributed by atoms with E-state index in [4.69, 9.17) is 16.3 Å². The minimum atomic E-state index is -0.474. The standard InChI is InChI=1S/C21H24ClN3O4/c1-11-9-16(27)14(10-15(11)22)18-17-19(24-23-18)21(28)25(7-8-26)20(17)12-3-5-13(29-2)6-4-12/h3-6,9-10,17-20,23-24,26-27H,7-8H2,1-2H3. The first-order chi connectivity index (χ1) is 14.0. The Balaban J connectivity index is 1.78. The van der Waals surface area contributed by atoms with Gasteiger partial charge in [-0.05, 0) is 42.3 Å². The Kier molecular flexibility index (Phi) is 5.40. The number of β-amino-alcohol motifs (C(OH)–C–C–N with tert-alkyl or cyclic N) is 1. The van der Waals surface area contributed by atoms with Crippen LogP contribution in [0.3, 0.4) is 0 Å². The van der Waals surface area contributed by atoms with Gasteiger partial charge in [-0.1, -0.05) is 23.7 Å². The number of methoxy groups -OCH3 is 1. The molecule has 2 fully saturated rings. The zero-order valence-corrected chi connectivity index (χ0v) is 17.0. The number of aliphatic hydroxyl groups excluding tert-OH is 1. The molecule has 7 nitrogen and oxygen atoms in total. The Morgan fingerprint density at radius 2 is 1.86 bits per heavy atom. The quantitative estimate of drug-likeness (QED) is 0.595. The van der Waals surface area contributed by atoms with Gasteiger partial charge in [0.25, 0.3) is 0 Å². The van der Waals surface area contributed by atoms with Crippen molar-refractivity contribution in [3.05, 3.63) is 58.1 Å². The fourth-order valence-corrected chi connectivity index (χ4v) is 4.63. The van der Waals surface area contributed by atoms with Gasteiger partial charge in [0.1, 0.15) is 17.5 Å². The number of hydrazine groups is 1. The summed E-state index contributed by atoms with van der Waals surface area (Å²) in [6.45, 7) is 1.94. The summed E-state index contributed by atoms with van der Waals surface area (Å²) in [5.41, 5.74) is 8.62. The fourth-order valence-electron chi connectivity index (χ4n) is 4.46. The van der Waals surface area contributed by atoms with Gasteiger partial charge >= 0.3 is 0 Å². The number of aliphatic hydroxyl groups is 1. The average molecular weight is 418 g/mol. The average Bonchev–Trinajstić information content (AvgIpc) is 3.25. The molecule has 0 aromatic heterocycles. The van der Waals surface area contributed by atoms with E-state index in [9.17, 15) is 15.0 Å². The molecule has 2 aliphatic heterocycles. The number of aryl methyl sites for hydroxylation is 1. The molecule has 2 aliphatic rings. The van der Waals surface area contributed by atoms with Crippen LogP contribution < -0.4 is 15.6 Å². The van der Waals surface area contributed by atoms with Crippen molar-refractivity contribution < 1.29 is 19.7 Å². The number of rotatable bonds is 5. The molecule has 8 heteroatoms. The van der Waals surface area contributed by atoms with Crippen LogP contribution in [0, 0.1) is 12.8 Å². The van der Waals surface area contributed by atoms with Crippen molar-refractivity contribution in [2.24, 2.45) is 5.92 Å². The summed E-state index contributed by atoms with van der Waals surface area (Å²) in [5.74, 6) is 0.573. The maximum Gasteiger partial charge on any atom is 0.242 e. The smallest absolute Gasteiger partial charge is 0.242 e. The lowest BCUT2D eigenvalue weighted by molar-refractivity contribution is -0.131. The van der Waals surface area contributed by atoms with Crippen LogP contribution in [-0.2, 0) is 4.79 Å². The molecule has 4 N–H and O–H groups in total. The van der Waals surface area contributed by atoms with E-state index in [1.165, 1.54) is 0 Å². The number of nitrogens with zero attached hydrogens (tertiary/aromatic N) is 1. The van der Waals surface area contributed by atoms with Gasteiger partial charge in [0.15, 0.2) is 0 Å². The summed E-state index contributed by atoms with van der Waals surface area (Å²) < 4.78 is 5.25. The number of carbonyl (C=O) groups is 1. The van der Waals surface area contributed by atoms with E-state index in [0.29, 0.717) is 10.6 Å². The van der Waals surface area contributed by atoms with Crippen LogP contribution in [0.4, 0.5) is 0 Å². The van der Waals surface area contributed by atoms with Crippen LogP contribution in [0.15, 0.2) is 36.4 Å². The fraction of sp³-hybridized carbons (Fsp3) is 0.381. The second-order valence-electron chi connectivity index (χ2n) is 7.45. The molecule has 2 saturated heterocycles. The number of carbonyl (C=O) groups excluding carboxylic acids is 1. The molecule has 2 aromatic carbocycles. The Morgan fingerprint density at radius 3 is 2.52 bits per heavy atom. The Labute approximate surface area is 174 Å². The Morgan fingerprint density at radius 1 is 1.17 bits per heavy atom. The molecule has 0 bridgehead atoms. The lowest BCUT2D eigenvalue weighted by Gasteiger charge is -2.31. The number of amides is 1. The second kappa shape index (κ2) is 7.84. The third kappa shape index (κ3) is 3.34. The lowest BCUT2D eigenvalue weighted by atomic mass is 9.83. The maximum absolute atomic E-state index is 13.1. The van der Waals surface area contributed by atoms with Gasteiger partial charge in [0, 0.05) is 23.0 Å². The van der Waals surface area contributed by atoms with E-state index in [0.717, 1.165) is 16.9 Å². The molecule has 0 aliphatic carbocycles. The Hall–Kier alpha value is -2.32. The molecule has 0 spiro atoms. The van der Waals surface area contributed by atoms with Crippen molar-refractivity contribution in [1.29, 1.82) is 0 Å². The summed E-state index contributed by atoms with van der Waals surface area (Å²) >= 11 is 6.32. The van der Waals surface area contributed by atoms with Gasteiger partial charge < -0.3 is 19.8 Å². The number of nitrogens with one attached hydrogen (secondary N) is 2. The monoisotopic (exact) mass is 417 g/mol. The molecule has 0 saturated carbocycles. The van der Waals surface area contributed by atoms with Crippen LogP contribution in [0.5, 0.6) is 11.5 Å². The SMILES string of the molecule is COc1ccc(C2C3C(NNC3c3cc(Cl)c(C)cc3O)C(=O)N2CCO)cc1. The Bertz CT molecular complexity index is 921. The number of hydrogen-bond acceptors (Lipinski definition) is 6. The molecule has 4 atom stereocenters. The van der Waals surface area contributed by atoms with E-state index >= 15 is 0 Å². The minimum Gasteiger partial charge on any atom is -0.508 e. The number of ether oxygens (including phenoxy) is 1. The zero-order valence-electron chi connectivity index (χ0n) is 16.2. The molecule has 0 radical (unpaired) electrons. The van der Waals surface area contributed by atoms with Crippen LogP contribution in [0.1, 0.15) is 28.8 Å². The van der Waals surface area contributed by atoms with Gasteiger partial charge in [0.05, 0.1) is 25.8 Å². The molecule has 4 unspecified atom stereocenters. The van der Waals surface area contributed by atoms with Gasteiger partial charge in [0.2, 0.25) is 5.91 Å². The number of halogens is 1. The largest absolute Gasteiger partial charge is 0.508 e. The number of phenols is 1. The summed E-state index contributed by atoms with van der Waals surface area (Å²) in [4.78, 5) is 14.8. The number of benzene rings is 2. The number of fused-ring (bicyclic) bond motifs is 1. The predicted octanol–water partition coefficient (Wildman–Crippen LogP) is 2.07. The third-order valence-corrected chi connectivity index (χ3v) is 6.26. The molecule has 2 aromatic rings. The second-order valence-corrected chi connectivity index (χ2v) is 7.86. The zero-order chi connectivity index (χ0) is 20.7. The first-order valence-corrected chi connectivity index (χ1v) is 9.89. The van der Waals surface area contributed by atoms with Crippen molar-refractivity contribution in [1.82, 2.24) is 15.8 Å². The van der Waals surface area contributed by atoms with Crippen molar-refractivity contribution in [3.8, 4) is 11.5 Å².